The fourth-order valence-electron chi connectivity index (χ4n) is 1.97. The summed E-state index contributed by atoms with van der Waals surface area (Å²) >= 11 is 5.80. The van der Waals surface area contributed by atoms with Gasteiger partial charge in [0, 0.05) is 12.1 Å². The summed E-state index contributed by atoms with van der Waals surface area (Å²) in [7, 11) is 0. The Bertz CT molecular complexity index is 652. The Morgan fingerprint density at radius 3 is 2.91 bits per heavy atom. The Morgan fingerprint density at radius 2 is 2.26 bits per heavy atom. The molecule has 1 aromatic heterocycles. The molecule has 0 saturated heterocycles. The zero-order valence-electron chi connectivity index (χ0n) is 13.0. The average molecular weight is 339 g/mol. The molecule has 2 N–H and O–H groups in total. The molecule has 0 spiro atoms. The number of aromatic nitrogens is 1. The zero-order chi connectivity index (χ0) is 16.8. The third-order valence-electron chi connectivity index (χ3n) is 3.24. The highest BCUT2D eigenvalue weighted by atomic mass is 35.5. The minimum absolute atomic E-state index is 0.0552. The second-order valence-corrected chi connectivity index (χ2v) is 5.63. The van der Waals surface area contributed by atoms with E-state index in [1.165, 1.54) is 0 Å². The summed E-state index contributed by atoms with van der Waals surface area (Å²) in [5.74, 6) is 0.412. The first-order valence-corrected chi connectivity index (χ1v) is 7.58. The monoisotopic (exact) mass is 338 g/mol. The molecule has 0 aliphatic rings. The lowest BCUT2D eigenvalue weighted by molar-refractivity contribution is -0.121. The van der Waals surface area contributed by atoms with Gasteiger partial charge in [0.25, 0.3) is 0 Å². The van der Waals surface area contributed by atoms with Gasteiger partial charge in [0.1, 0.15) is 18.5 Å². The molecule has 0 aliphatic heterocycles. The van der Waals surface area contributed by atoms with Crippen molar-refractivity contribution in [1.82, 2.24) is 10.5 Å². The highest BCUT2D eigenvalue weighted by Crippen LogP contribution is 2.19. The predicted octanol–water partition coefficient (Wildman–Crippen LogP) is 2.04. The Labute approximate surface area is 139 Å². The van der Waals surface area contributed by atoms with Crippen LogP contribution in [0.15, 0.2) is 28.8 Å². The molecular weight excluding hydrogens is 320 g/mol. The molecule has 1 aromatic carbocycles. The van der Waals surface area contributed by atoms with E-state index in [4.69, 9.17) is 20.9 Å². The van der Waals surface area contributed by atoms with E-state index >= 15 is 0 Å². The second kappa shape index (κ2) is 7.99. The maximum Gasteiger partial charge on any atom is 0.229 e. The first kappa shape index (κ1) is 17.3. The number of benzene rings is 1. The lowest BCUT2D eigenvalue weighted by atomic mass is 10.2. The summed E-state index contributed by atoms with van der Waals surface area (Å²) in [4.78, 5) is 11.8. The summed E-state index contributed by atoms with van der Waals surface area (Å²) < 4.78 is 10.3. The van der Waals surface area contributed by atoms with Crippen LogP contribution in [0.3, 0.4) is 0 Å². The van der Waals surface area contributed by atoms with Crippen molar-refractivity contribution < 1.29 is 19.2 Å². The topological polar surface area (TPSA) is 84.6 Å². The van der Waals surface area contributed by atoms with Crippen molar-refractivity contribution in [3.05, 3.63) is 46.3 Å². The van der Waals surface area contributed by atoms with Gasteiger partial charge in [0.2, 0.25) is 11.1 Å². The molecule has 23 heavy (non-hydrogen) atoms. The van der Waals surface area contributed by atoms with Crippen molar-refractivity contribution in [2.24, 2.45) is 0 Å². The van der Waals surface area contributed by atoms with Crippen LogP contribution >= 0.6 is 11.6 Å². The predicted molar refractivity (Wildman–Crippen MR) is 85.6 cm³/mol. The number of nitrogens with one attached hydrogen (secondary N) is 1. The summed E-state index contributed by atoms with van der Waals surface area (Å²) in [6, 6.07) is 7.53. The molecule has 1 unspecified atom stereocenters. The van der Waals surface area contributed by atoms with Gasteiger partial charge in [-0.1, -0.05) is 17.3 Å². The number of aliphatic hydroxyl groups is 1. The number of hydrogen-bond acceptors (Lipinski definition) is 5. The Balaban J connectivity index is 1.73. The van der Waals surface area contributed by atoms with Gasteiger partial charge in [-0.2, -0.15) is 0 Å². The second-order valence-electron chi connectivity index (χ2n) is 5.28. The van der Waals surface area contributed by atoms with E-state index in [9.17, 15) is 9.90 Å². The maximum atomic E-state index is 11.8. The quantitative estimate of drug-likeness (QED) is 0.807. The van der Waals surface area contributed by atoms with E-state index < -0.39 is 6.10 Å². The third kappa shape index (κ3) is 5.26. The highest BCUT2D eigenvalue weighted by molar-refractivity contribution is 6.29. The number of halogens is 1. The van der Waals surface area contributed by atoms with Crippen LogP contribution in [0, 0.1) is 13.8 Å². The Hall–Kier alpha value is -2.05. The van der Waals surface area contributed by atoms with Gasteiger partial charge in [-0.15, -0.1) is 0 Å². The highest BCUT2D eigenvalue weighted by Gasteiger charge is 2.15. The number of rotatable bonds is 7. The van der Waals surface area contributed by atoms with Gasteiger partial charge in [0.15, 0.2) is 0 Å². The molecule has 1 atom stereocenters. The van der Waals surface area contributed by atoms with Crippen LogP contribution in [0.4, 0.5) is 0 Å². The number of nitrogens with zero attached hydrogens (tertiary/aromatic N) is 1. The summed E-state index contributed by atoms with van der Waals surface area (Å²) in [6.45, 7) is 3.85. The van der Waals surface area contributed by atoms with Crippen LogP contribution < -0.4 is 10.1 Å². The molecule has 0 fully saturated rings. The van der Waals surface area contributed by atoms with Crippen molar-refractivity contribution in [3.8, 4) is 5.75 Å². The fourth-order valence-corrected chi connectivity index (χ4v) is 2.21. The van der Waals surface area contributed by atoms with Crippen molar-refractivity contribution in [2.45, 2.75) is 26.4 Å². The first-order chi connectivity index (χ1) is 11.0. The molecule has 1 heterocycles. The summed E-state index contributed by atoms with van der Waals surface area (Å²) in [5.41, 5.74) is 2.20. The molecule has 2 aromatic rings. The number of aliphatic hydroxyl groups excluding tert-OH is 1. The molecule has 2 rings (SSSR count). The van der Waals surface area contributed by atoms with Gasteiger partial charge in [-0.3, -0.25) is 4.79 Å². The van der Waals surface area contributed by atoms with Crippen LogP contribution in [-0.4, -0.2) is 35.4 Å². The number of amides is 1. The van der Waals surface area contributed by atoms with Crippen molar-refractivity contribution in [1.29, 1.82) is 0 Å². The normalized spacial score (nSPS) is 12.0. The van der Waals surface area contributed by atoms with E-state index in [2.05, 4.69) is 10.5 Å². The lowest BCUT2D eigenvalue weighted by Gasteiger charge is -2.13. The van der Waals surface area contributed by atoms with Crippen molar-refractivity contribution in [2.75, 3.05) is 13.2 Å². The standard InChI is InChI=1S/C16H19ClN2O4/c1-10-4-3-5-13(6-10)22-9-12(20)8-18-15(21)7-14-11(2)19-23-16(14)17/h3-6,12,20H,7-9H2,1-2H3,(H,18,21). The van der Waals surface area contributed by atoms with E-state index in [-0.39, 0.29) is 30.7 Å². The van der Waals surface area contributed by atoms with E-state index in [1.54, 1.807) is 6.92 Å². The van der Waals surface area contributed by atoms with Gasteiger partial charge in [-0.25, -0.2) is 0 Å². The summed E-state index contributed by atoms with van der Waals surface area (Å²) in [6.07, 6.45) is -0.752. The van der Waals surface area contributed by atoms with E-state index in [1.807, 2.05) is 31.2 Å². The lowest BCUT2D eigenvalue weighted by Crippen LogP contribution is -2.36. The SMILES string of the molecule is Cc1cccc(OCC(O)CNC(=O)Cc2c(C)noc2Cl)c1. The van der Waals surface area contributed by atoms with Crippen LogP contribution in [0.1, 0.15) is 16.8 Å². The Morgan fingerprint density at radius 1 is 1.48 bits per heavy atom. The molecule has 7 heteroatoms. The third-order valence-corrected chi connectivity index (χ3v) is 3.54. The van der Waals surface area contributed by atoms with Crippen molar-refractivity contribution >= 4 is 17.5 Å². The van der Waals surface area contributed by atoms with Gasteiger partial charge < -0.3 is 19.7 Å². The van der Waals surface area contributed by atoms with E-state index in [0.29, 0.717) is 17.0 Å². The number of carbonyl (C=O) groups is 1. The first-order valence-electron chi connectivity index (χ1n) is 7.20. The van der Waals surface area contributed by atoms with Gasteiger partial charge in [0.05, 0.1) is 12.1 Å². The molecule has 0 bridgehead atoms. The molecule has 0 saturated carbocycles. The van der Waals surface area contributed by atoms with Crippen LogP contribution in [0.5, 0.6) is 5.75 Å². The van der Waals surface area contributed by atoms with Crippen LogP contribution in [-0.2, 0) is 11.2 Å². The number of aryl methyl sites for hydroxylation is 2. The average Bonchev–Trinajstić information content (AvgIpc) is 2.83. The molecule has 0 radical (unpaired) electrons. The smallest absolute Gasteiger partial charge is 0.229 e. The number of hydrogen-bond donors (Lipinski definition) is 2. The number of carbonyl (C=O) groups excluding carboxylic acids is 1. The largest absolute Gasteiger partial charge is 0.491 e. The number of ether oxygens (including phenoxy) is 1. The molecular formula is C16H19ClN2O4. The van der Waals surface area contributed by atoms with Gasteiger partial charge >= 0.3 is 0 Å². The Kier molecular flexibility index (Phi) is 6.01. The van der Waals surface area contributed by atoms with Gasteiger partial charge in [-0.05, 0) is 43.1 Å². The minimum atomic E-state index is -0.807. The van der Waals surface area contributed by atoms with Crippen LogP contribution in [0.25, 0.3) is 0 Å². The fraction of sp³-hybridized carbons (Fsp3) is 0.375. The minimum Gasteiger partial charge on any atom is -0.491 e. The maximum absolute atomic E-state index is 11.8. The summed E-state index contributed by atoms with van der Waals surface area (Å²) in [5, 5.41) is 16.3. The molecule has 0 aliphatic carbocycles. The zero-order valence-corrected chi connectivity index (χ0v) is 13.8. The molecule has 124 valence electrons. The van der Waals surface area contributed by atoms with Crippen molar-refractivity contribution in [3.63, 3.8) is 0 Å². The molecule has 1 amide bonds. The molecule has 6 nitrogen and oxygen atoms in total. The van der Waals surface area contributed by atoms with Crippen LogP contribution in [0.2, 0.25) is 5.22 Å². The van der Waals surface area contributed by atoms with E-state index in [0.717, 1.165) is 5.56 Å².